The maximum absolute atomic E-state index is 13.4. The average molecular weight is 472 g/mol. The minimum absolute atomic E-state index is 0.00380. The SMILES string of the molecule is CC(C)(C)CC(=O)N1CCc2c(sc3ncn(Cc4ccc(-c5ccccc5)cc4)c(=O)c23)C1. The number of fused-ring (bicyclic) bond motifs is 3. The first-order valence-electron chi connectivity index (χ1n) is 11.7. The number of amides is 1. The molecule has 2 aromatic carbocycles. The van der Waals surface area contributed by atoms with Crippen molar-refractivity contribution in [3.8, 4) is 11.1 Å². The number of thiophene rings is 1. The zero-order chi connectivity index (χ0) is 23.9. The molecular formula is C28H29N3O2S. The van der Waals surface area contributed by atoms with Crippen LogP contribution in [0.15, 0.2) is 65.7 Å². The molecule has 4 aromatic rings. The number of hydrogen-bond acceptors (Lipinski definition) is 4. The molecule has 0 atom stereocenters. The number of hydrogen-bond donors (Lipinski definition) is 0. The minimum Gasteiger partial charge on any atom is -0.337 e. The Morgan fingerprint density at radius 2 is 1.74 bits per heavy atom. The molecule has 5 nitrogen and oxygen atoms in total. The molecule has 0 bridgehead atoms. The lowest BCUT2D eigenvalue weighted by atomic mass is 9.91. The van der Waals surface area contributed by atoms with Gasteiger partial charge in [0.25, 0.3) is 5.56 Å². The van der Waals surface area contributed by atoms with E-state index in [9.17, 15) is 9.59 Å². The van der Waals surface area contributed by atoms with Crippen molar-refractivity contribution < 1.29 is 4.79 Å². The van der Waals surface area contributed by atoms with Gasteiger partial charge >= 0.3 is 0 Å². The van der Waals surface area contributed by atoms with E-state index in [-0.39, 0.29) is 16.9 Å². The molecule has 2 aromatic heterocycles. The molecular weight excluding hydrogens is 442 g/mol. The summed E-state index contributed by atoms with van der Waals surface area (Å²) in [5.74, 6) is 0.180. The Bertz CT molecular complexity index is 1400. The summed E-state index contributed by atoms with van der Waals surface area (Å²) in [7, 11) is 0. The van der Waals surface area contributed by atoms with Crippen LogP contribution in [0.5, 0.6) is 0 Å². The van der Waals surface area contributed by atoms with Crippen molar-refractivity contribution in [2.75, 3.05) is 6.54 Å². The molecule has 1 amide bonds. The highest BCUT2D eigenvalue weighted by Gasteiger charge is 2.28. The lowest BCUT2D eigenvalue weighted by Crippen LogP contribution is -2.37. The summed E-state index contributed by atoms with van der Waals surface area (Å²) in [5, 5.41) is 0.728. The van der Waals surface area contributed by atoms with Gasteiger partial charge in [0.15, 0.2) is 0 Å². The second-order valence-electron chi connectivity index (χ2n) is 10.2. The van der Waals surface area contributed by atoms with Crippen LogP contribution >= 0.6 is 11.3 Å². The summed E-state index contributed by atoms with van der Waals surface area (Å²) in [6.45, 7) is 7.97. The van der Waals surface area contributed by atoms with Gasteiger partial charge in [-0.15, -0.1) is 11.3 Å². The highest BCUT2D eigenvalue weighted by atomic mass is 32.1. The molecule has 1 aliphatic heterocycles. The van der Waals surface area contributed by atoms with Crippen LogP contribution in [0.25, 0.3) is 21.3 Å². The predicted molar refractivity (Wildman–Crippen MR) is 138 cm³/mol. The van der Waals surface area contributed by atoms with Crippen molar-refractivity contribution in [3.63, 3.8) is 0 Å². The van der Waals surface area contributed by atoms with Crippen molar-refractivity contribution in [2.45, 2.75) is 46.7 Å². The standard InChI is InChI=1S/C28H29N3O2S/c1-28(2,3)15-24(32)30-14-13-22-23(17-30)34-26-25(22)27(33)31(18-29-26)16-19-9-11-21(12-10-19)20-7-5-4-6-8-20/h4-12,18H,13-17H2,1-3H3. The molecule has 5 rings (SSSR count). The van der Waals surface area contributed by atoms with E-state index in [2.05, 4.69) is 62.2 Å². The first-order valence-corrected chi connectivity index (χ1v) is 12.5. The van der Waals surface area contributed by atoms with Gasteiger partial charge in [-0.2, -0.15) is 0 Å². The maximum Gasteiger partial charge on any atom is 0.262 e. The van der Waals surface area contributed by atoms with Gasteiger partial charge in [-0.3, -0.25) is 14.2 Å². The third kappa shape index (κ3) is 4.55. The van der Waals surface area contributed by atoms with Gasteiger partial charge in [-0.05, 0) is 34.1 Å². The van der Waals surface area contributed by atoms with Crippen LogP contribution in [0.2, 0.25) is 0 Å². The fraction of sp³-hybridized carbons (Fsp3) is 0.321. The van der Waals surface area contributed by atoms with Crippen LogP contribution in [0.4, 0.5) is 0 Å². The lowest BCUT2D eigenvalue weighted by Gasteiger charge is -2.29. The van der Waals surface area contributed by atoms with Gasteiger partial charge in [-0.1, -0.05) is 75.4 Å². The Hall–Kier alpha value is -3.25. The predicted octanol–water partition coefficient (Wildman–Crippen LogP) is 5.49. The molecule has 174 valence electrons. The van der Waals surface area contributed by atoms with Crippen LogP contribution in [0.1, 0.15) is 43.2 Å². The van der Waals surface area contributed by atoms with Gasteiger partial charge < -0.3 is 4.90 Å². The zero-order valence-corrected chi connectivity index (χ0v) is 20.7. The van der Waals surface area contributed by atoms with Crippen molar-refractivity contribution in [1.82, 2.24) is 14.5 Å². The molecule has 1 aliphatic rings. The Balaban J connectivity index is 1.38. The molecule has 0 N–H and O–H groups in total. The van der Waals surface area contributed by atoms with Crippen molar-refractivity contribution in [1.29, 1.82) is 0 Å². The van der Waals surface area contributed by atoms with Gasteiger partial charge in [0.2, 0.25) is 5.91 Å². The van der Waals surface area contributed by atoms with E-state index < -0.39 is 0 Å². The molecule has 34 heavy (non-hydrogen) atoms. The molecule has 0 radical (unpaired) electrons. The molecule has 3 heterocycles. The summed E-state index contributed by atoms with van der Waals surface area (Å²) >= 11 is 1.55. The van der Waals surface area contributed by atoms with Crippen molar-refractivity contribution >= 4 is 27.5 Å². The van der Waals surface area contributed by atoms with Crippen molar-refractivity contribution in [3.05, 3.63) is 87.3 Å². The summed E-state index contributed by atoms with van der Waals surface area (Å²) in [5.41, 5.74) is 4.43. The summed E-state index contributed by atoms with van der Waals surface area (Å²) in [4.78, 5) is 34.5. The second kappa shape index (κ2) is 8.84. The Kier molecular flexibility index (Phi) is 5.86. The minimum atomic E-state index is -0.0356. The molecule has 0 aliphatic carbocycles. The van der Waals surface area contributed by atoms with E-state index in [4.69, 9.17) is 0 Å². The zero-order valence-electron chi connectivity index (χ0n) is 19.9. The van der Waals surface area contributed by atoms with E-state index in [0.29, 0.717) is 32.5 Å². The topological polar surface area (TPSA) is 55.2 Å². The van der Waals surface area contributed by atoms with Crippen LogP contribution in [-0.4, -0.2) is 26.9 Å². The smallest absolute Gasteiger partial charge is 0.262 e. The molecule has 0 saturated carbocycles. The average Bonchev–Trinajstić information content (AvgIpc) is 3.19. The number of nitrogens with zero attached hydrogens (tertiary/aromatic N) is 3. The highest BCUT2D eigenvalue weighted by Crippen LogP contribution is 2.33. The largest absolute Gasteiger partial charge is 0.337 e. The number of rotatable bonds is 4. The van der Waals surface area contributed by atoms with E-state index in [1.165, 1.54) is 5.56 Å². The molecule has 0 saturated heterocycles. The Morgan fingerprint density at radius 1 is 1.03 bits per heavy atom. The number of benzene rings is 2. The lowest BCUT2D eigenvalue weighted by molar-refractivity contribution is -0.133. The quantitative estimate of drug-likeness (QED) is 0.395. The molecule has 0 unspecified atom stereocenters. The van der Waals surface area contributed by atoms with Gasteiger partial charge in [0.1, 0.15) is 4.83 Å². The molecule has 0 spiro atoms. The summed E-state index contributed by atoms with van der Waals surface area (Å²) < 4.78 is 1.70. The van der Waals surface area contributed by atoms with Crippen LogP contribution in [-0.2, 0) is 24.3 Å². The Labute approximate surface area is 203 Å². The summed E-state index contributed by atoms with van der Waals surface area (Å²) in [6, 6.07) is 18.6. The summed E-state index contributed by atoms with van der Waals surface area (Å²) in [6.07, 6.45) is 2.89. The maximum atomic E-state index is 13.4. The number of carbonyl (C=O) groups is 1. The van der Waals surface area contributed by atoms with Gasteiger partial charge in [0.05, 0.1) is 24.8 Å². The van der Waals surface area contributed by atoms with E-state index in [1.807, 2.05) is 23.1 Å². The van der Waals surface area contributed by atoms with Crippen LogP contribution < -0.4 is 5.56 Å². The Morgan fingerprint density at radius 3 is 2.44 bits per heavy atom. The van der Waals surface area contributed by atoms with Crippen LogP contribution in [0.3, 0.4) is 0 Å². The van der Waals surface area contributed by atoms with Crippen molar-refractivity contribution in [2.24, 2.45) is 5.41 Å². The van der Waals surface area contributed by atoms with E-state index in [1.54, 1.807) is 22.2 Å². The third-order valence-corrected chi connectivity index (χ3v) is 7.40. The molecule has 0 fully saturated rings. The van der Waals surface area contributed by atoms with E-state index in [0.717, 1.165) is 31.8 Å². The number of aromatic nitrogens is 2. The molecule has 6 heteroatoms. The monoisotopic (exact) mass is 471 g/mol. The van der Waals surface area contributed by atoms with Gasteiger partial charge in [-0.25, -0.2) is 4.98 Å². The normalized spacial score (nSPS) is 13.8. The van der Waals surface area contributed by atoms with E-state index >= 15 is 0 Å². The fourth-order valence-electron chi connectivity index (χ4n) is 4.54. The fourth-order valence-corrected chi connectivity index (χ4v) is 5.73. The number of carbonyl (C=O) groups excluding carboxylic acids is 1. The van der Waals surface area contributed by atoms with Gasteiger partial charge in [0, 0.05) is 17.8 Å². The first-order chi connectivity index (χ1) is 16.3. The third-order valence-electron chi connectivity index (χ3n) is 6.28. The highest BCUT2D eigenvalue weighted by molar-refractivity contribution is 7.18. The van der Waals surface area contributed by atoms with Crippen LogP contribution in [0, 0.1) is 5.41 Å². The first kappa shape index (κ1) is 22.5. The second-order valence-corrected chi connectivity index (χ2v) is 11.3.